The lowest BCUT2D eigenvalue weighted by atomic mass is 10.2. The molecule has 23 heavy (non-hydrogen) atoms. The van der Waals surface area contributed by atoms with Gasteiger partial charge in [0.05, 0.1) is 5.56 Å². The third-order valence-corrected chi connectivity index (χ3v) is 3.28. The topological polar surface area (TPSA) is 51.1 Å². The molecule has 0 aliphatic rings. The molecule has 1 N–H and O–H groups in total. The molecule has 2 aromatic rings. The third kappa shape index (κ3) is 4.85. The van der Waals surface area contributed by atoms with Crippen LogP contribution in [0.15, 0.2) is 47.4 Å². The van der Waals surface area contributed by atoms with Gasteiger partial charge in [-0.15, -0.1) is 0 Å². The first-order valence-corrected chi connectivity index (χ1v) is 6.92. The summed E-state index contributed by atoms with van der Waals surface area (Å²) in [6.45, 7) is -0.305. The third-order valence-electron chi connectivity index (χ3n) is 3.03. The fraction of sp³-hybridized carbons (Fsp3) is 0.200. The lowest BCUT2D eigenvalue weighted by molar-refractivity contribution is -0.138. The molecule has 4 nitrogen and oxygen atoms in total. The smallest absolute Gasteiger partial charge is 0.350 e. The Morgan fingerprint density at radius 2 is 1.78 bits per heavy atom. The zero-order chi connectivity index (χ0) is 17.0. The standard InChI is InChI=1S/C15H12ClF3N2O2/c16-12-4-1-10(2-5-12)7-20-13(22)9-21-8-11(15(17,18)19)3-6-14(21)23/h1-6,8H,7,9H2,(H,20,22). The summed E-state index contributed by atoms with van der Waals surface area (Å²) < 4.78 is 38.6. The molecule has 1 aromatic heterocycles. The van der Waals surface area contributed by atoms with Crippen LogP contribution in [0.5, 0.6) is 0 Å². The molecule has 0 unspecified atom stereocenters. The van der Waals surface area contributed by atoms with Crippen molar-refractivity contribution in [2.24, 2.45) is 0 Å². The minimum absolute atomic E-state index is 0.184. The lowest BCUT2D eigenvalue weighted by Gasteiger charge is -2.11. The number of alkyl halides is 3. The molecule has 1 aromatic carbocycles. The van der Waals surface area contributed by atoms with Gasteiger partial charge in [0.25, 0.3) is 5.56 Å². The van der Waals surface area contributed by atoms with Gasteiger partial charge in [-0.05, 0) is 23.8 Å². The normalized spacial score (nSPS) is 11.3. The fourth-order valence-corrected chi connectivity index (χ4v) is 1.96. The van der Waals surface area contributed by atoms with Crippen LogP contribution in [0.25, 0.3) is 0 Å². The van der Waals surface area contributed by atoms with E-state index in [0.29, 0.717) is 17.3 Å². The highest BCUT2D eigenvalue weighted by molar-refractivity contribution is 6.30. The first-order chi connectivity index (χ1) is 10.8. The van der Waals surface area contributed by atoms with E-state index in [2.05, 4.69) is 5.32 Å². The van der Waals surface area contributed by atoms with E-state index in [4.69, 9.17) is 11.6 Å². The van der Waals surface area contributed by atoms with Crippen LogP contribution in [0.1, 0.15) is 11.1 Å². The van der Waals surface area contributed by atoms with Gasteiger partial charge in [-0.3, -0.25) is 9.59 Å². The molecule has 122 valence electrons. The molecule has 1 amide bonds. The summed E-state index contributed by atoms with van der Waals surface area (Å²) in [6.07, 6.45) is -3.95. The number of hydrogen-bond donors (Lipinski definition) is 1. The van der Waals surface area contributed by atoms with Crippen molar-refractivity contribution in [1.82, 2.24) is 9.88 Å². The van der Waals surface area contributed by atoms with Crippen LogP contribution < -0.4 is 10.9 Å². The number of amides is 1. The lowest BCUT2D eigenvalue weighted by Crippen LogP contribution is -2.32. The zero-order valence-corrected chi connectivity index (χ0v) is 12.5. The van der Waals surface area contributed by atoms with E-state index in [1.807, 2.05) is 0 Å². The number of carbonyl (C=O) groups is 1. The Morgan fingerprint density at radius 1 is 1.13 bits per heavy atom. The summed E-state index contributed by atoms with van der Waals surface area (Å²) in [5.41, 5.74) is -0.888. The molecule has 0 radical (unpaired) electrons. The van der Waals surface area contributed by atoms with Crippen molar-refractivity contribution in [2.45, 2.75) is 19.3 Å². The maximum absolute atomic E-state index is 12.6. The summed E-state index contributed by atoms with van der Waals surface area (Å²) >= 11 is 5.73. The largest absolute Gasteiger partial charge is 0.417 e. The number of hydrogen-bond acceptors (Lipinski definition) is 2. The quantitative estimate of drug-likeness (QED) is 0.927. The van der Waals surface area contributed by atoms with E-state index in [1.165, 1.54) is 0 Å². The molecule has 0 saturated heterocycles. The van der Waals surface area contributed by atoms with Crippen LogP contribution in [0.4, 0.5) is 13.2 Å². The van der Waals surface area contributed by atoms with E-state index in [-0.39, 0.29) is 6.54 Å². The average molecular weight is 345 g/mol. The molecule has 8 heteroatoms. The SMILES string of the molecule is O=C(Cn1cc(C(F)(F)F)ccc1=O)NCc1ccc(Cl)cc1. The Bertz CT molecular complexity index is 755. The molecule has 2 rings (SSSR count). The second kappa shape index (κ2) is 6.87. The van der Waals surface area contributed by atoms with Crippen LogP contribution in [-0.2, 0) is 24.1 Å². The monoisotopic (exact) mass is 344 g/mol. The second-order valence-corrected chi connectivity index (χ2v) is 5.22. The van der Waals surface area contributed by atoms with Gasteiger partial charge in [-0.25, -0.2) is 0 Å². The van der Waals surface area contributed by atoms with Crippen molar-refractivity contribution in [2.75, 3.05) is 0 Å². The van der Waals surface area contributed by atoms with Crippen molar-refractivity contribution in [3.05, 3.63) is 69.1 Å². The van der Waals surface area contributed by atoms with Crippen LogP contribution in [-0.4, -0.2) is 10.5 Å². The van der Waals surface area contributed by atoms with Gasteiger partial charge in [0, 0.05) is 23.8 Å². The molecule has 0 bridgehead atoms. The van der Waals surface area contributed by atoms with E-state index in [0.717, 1.165) is 16.2 Å². The molecular weight excluding hydrogens is 333 g/mol. The first kappa shape index (κ1) is 17.1. The van der Waals surface area contributed by atoms with Crippen molar-refractivity contribution >= 4 is 17.5 Å². The number of benzene rings is 1. The number of halogens is 4. The molecule has 0 saturated carbocycles. The number of carbonyl (C=O) groups excluding carboxylic acids is 1. The van der Waals surface area contributed by atoms with Gasteiger partial charge in [-0.1, -0.05) is 23.7 Å². The van der Waals surface area contributed by atoms with Gasteiger partial charge in [0.1, 0.15) is 6.54 Å². The number of nitrogens with zero attached hydrogens (tertiary/aromatic N) is 1. The molecular formula is C15H12ClF3N2O2. The predicted octanol–water partition coefficient (Wildman–Crippen LogP) is 2.84. The van der Waals surface area contributed by atoms with Gasteiger partial charge in [0.15, 0.2) is 0 Å². The highest BCUT2D eigenvalue weighted by atomic mass is 35.5. The van der Waals surface area contributed by atoms with Crippen molar-refractivity contribution in [3.63, 3.8) is 0 Å². The molecule has 0 spiro atoms. The Hall–Kier alpha value is -2.28. The minimum atomic E-state index is -4.57. The average Bonchev–Trinajstić information content (AvgIpc) is 2.48. The number of aromatic nitrogens is 1. The van der Waals surface area contributed by atoms with Crippen molar-refractivity contribution in [3.8, 4) is 0 Å². The Labute approximate surface area is 134 Å². The number of rotatable bonds is 4. The van der Waals surface area contributed by atoms with E-state index in [9.17, 15) is 22.8 Å². The van der Waals surface area contributed by atoms with Crippen LogP contribution >= 0.6 is 11.6 Å². The van der Waals surface area contributed by atoms with E-state index < -0.39 is 29.8 Å². The Balaban J connectivity index is 2.02. The number of nitrogens with one attached hydrogen (secondary N) is 1. The summed E-state index contributed by atoms with van der Waals surface area (Å²) in [7, 11) is 0. The van der Waals surface area contributed by atoms with Crippen LogP contribution in [0.2, 0.25) is 5.02 Å². The second-order valence-electron chi connectivity index (χ2n) is 4.78. The van der Waals surface area contributed by atoms with E-state index >= 15 is 0 Å². The van der Waals surface area contributed by atoms with Crippen molar-refractivity contribution < 1.29 is 18.0 Å². The Kier molecular flexibility index (Phi) is 5.10. The summed E-state index contributed by atoms with van der Waals surface area (Å²) in [5.74, 6) is -0.568. The maximum Gasteiger partial charge on any atom is 0.417 e. The van der Waals surface area contributed by atoms with Gasteiger partial charge >= 0.3 is 6.18 Å². The van der Waals surface area contributed by atoms with Crippen molar-refractivity contribution in [1.29, 1.82) is 0 Å². The fourth-order valence-electron chi connectivity index (χ4n) is 1.84. The summed E-state index contributed by atoms with van der Waals surface area (Å²) in [5, 5.41) is 3.08. The molecule has 0 atom stereocenters. The van der Waals surface area contributed by atoms with Crippen LogP contribution in [0, 0.1) is 0 Å². The molecule has 0 aliphatic carbocycles. The van der Waals surface area contributed by atoms with Gasteiger partial charge in [-0.2, -0.15) is 13.2 Å². The Morgan fingerprint density at radius 3 is 2.39 bits per heavy atom. The molecule has 0 fully saturated rings. The van der Waals surface area contributed by atoms with E-state index in [1.54, 1.807) is 24.3 Å². The summed E-state index contributed by atoms with van der Waals surface area (Å²) in [6, 6.07) is 8.19. The van der Waals surface area contributed by atoms with Crippen LogP contribution in [0.3, 0.4) is 0 Å². The molecule has 1 heterocycles. The summed E-state index contributed by atoms with van der Waals surface area (Å²) in [4.78, 5) is 23.3. The minimum Gasteiger partial charge on any atom is -0.350 e. The predicted molar refractivity (Wildman–Crippen MR) is 79.0 cm³/mol. The maximum atomic E-state index is 12.6. The number of pyridine rings is 1. The highest BCUT2D eigenvalue weighted by Crippen LogP contribution is 2.27. The zero-order valence-electron chi connectivity index (χ0n) is 11.7. The first-order valence-electron chi connectivity index (χ1n) is 6.54. The molecule has 0 aliphatic heterocycles. The highest BCUT2D eigenvalue weighted by Gasteiger charge is 2.31. The van der Waals surface area contributed by atoms with Gasteiger partial charge < -0.3 is 9.88 Å². The van der Waals surface area contributed by atoms with Gasteiger partial charge in [0.2, 0.25) is 5.91 Å².